The SMILES string of the molecule is COc1cccc(C2CC(c3ccc(F)cc3)=NC3(CCN(C(C)=O)CC3)N2)c1O. The van der Waals surface area contributed by atoms with E-state index in [0.717, 1.165) is 16.8 Å². The molecule has 1 saturated heterocycles. The third kappa shape index (κ3) is 3.89. The van der Waals surface area contributed by atoms with Crippen molar-refractivity contribution >= 4 is 11.6 Å². The number of para-hydroxylation sites is 1. The minimum absolute atomic E-state index is 0.0605. The third-order valence-corrected chi connectivity index (χ3v) is 6.03. The molecule has 0 aliphatic carbocycles. The largest absolute Gasteiger partial charge is 0.504 e. The Balaban J connectivity index is 1.72. The molecule has 2 aromatic carbocycles. The number of likely N-dealkylation sites (tertiary alicyclic amines) is 1. The maximum absolute atomic E-state index is 13.5. The van der Waals surface area contributed by atoms with Gasteiger partial charge in [0.25, 0.3) is 0 Å². The molecule has 0 bridgehead atoms. The van der Waals surface area contributed by atoms with Gasteiger partial charge in [0.1, 0.15) is 11.5 Å². The fourth-order valence-corrected chi connectivity index (χ4v) is 4.35. The molecular weight excluding hydrogens is 385 g/mol. The summed E-state index contributed by atoms with van der Waals surface area (Å²) in [7, 11) is 1.53. The highest BCUT2D eigenvalue weighted by atomic mass is 19.1. The summed E-state index contributed by atoms with van der Waals surface area (Å²) in [5.74, 6) is 0.292. The smallest absolute Gasteiger partial charge is 0.219 e. The summed E-state index contributed by atoms with van der Waals surface area (Å²) >= 11 is 0. The van der Waals surface area contributed by atoms with Crippen molar-refractivity contribution in [3.8, 4) is 11.5 Å². The molecule has 6 nitrogen and oxygen atoms in total. The Bertz CT molecular complexity index is 966. The van der Waals surface area contributed by atoms with Crippen LogP contribution in [0.5, 0.6) is 11.5 Å². The third-order valence-electron chi connectivity index (χ3n) is 6.03. The first-order valence-corrected chi connectivity index (χ1v) is 10.1. The lowest BCUT2D eigenvalue weighted by Crippen LogP contribution is -2.56. The minimum atomic E-state index is -0.548. The summed E-state index contributed by atoms with van der Waals surface area (Å²) in [6, 6.07) is 11.6. The lowest BCUT2D eigenvalue weighted by atomic mass is 9.87. The molecule has 7 heteroatoms. The highest BCUT2D eigenvalue weighted by molar-refractivity contribution is 6.01. The number of methoxy groups -OCH3 is 1. The number of piperidine rings is 1. The van der Waals surface area contributed by atoms with Gasteiger partial charge in [-0.15, -0.1) is 0 Å². The summed E-state index contributed by atoms with van der Waals surface area (Å²) < 4.78 is 18.7. The molecule has 0 aromatic heterocycles. The number of amides is 1. The van der Waals surface area contributed by atoms with Crippen LogP contribution in [-0.4, -0.2) is 47.5 Å². The Hall–Kier alpha value is -2.93. The van der Waals surface area contributed by atoms with Gasteiger partial charge < -0.3 is 14.7 Å². The monoisotopic (exact) mass is 411 g/mol. The lowest BCUT2D eigenvalue weighted by molar-refractivity contribution is -0.130. The van der Waals surface area contributed by atoms with Gasteiger partial charge in [-0.3, -0.25) is 15.1 Å². The van der Waals surface area contributed by atoms with Gasteiger partial charge in [-0.1, -0.05) is 24.3 Å². The van der Waals surface area contributed by atoms with E-state index in [1.165, 1.54) is 19.2 Å². The normalized spacial score (nSPS) is 20.7. The number of carbonyl (C=O) groups is 1. The van der Waals surface area contributed by atoms with Gasteiger partial charge in [0.05, 0.1) is 7.11 Å². The van der Waals surface area contributed by atoms with Gasteiger partial charge in [-0.05, 0) is 23.8 Å². The number of aromatic hydroxyl groups is 1. The van der Waals surface area contributed by atoms with Crippen LogP contribution in [0.1, 0.15) is 43.4 Å². The first-order valence-electron chi connectivity index (χ1n) is 10.1. The van der Waals surface area contributed by atoms with E-state index in [9.17, 15) is 14.3 Å². The fraction of sp³-hybridized carbons (Fsp3) is 0.391. The van der Waals surface area contributed by atoms with E-state index >= 15 is 0 Å². The summed E-state index contributed by atoms with van der Waals surface area (Å²) in [5, 5.41) is 14.4. The van der Waals surface area contributed by atoms with Crippen molar-refractivity contribution in [2.45, 2.75) is 37.9 Å². The zero-order chi connectivity index (χ0) is 21.3. The average molecular weight is 411 g/mol. The van der Waals surface area contributed by atoms with E-state index in [-0.39, 0.29) is 23.5 Å². The van der Waals surface area contributed by atoms with Crippen molar-refractivity contribution in [2.24, 2.45) is 4.99 Å². The Morgan fingerprint density at radius 1 is 1.23 bits per heavy atom. The quantitative estimate of drug-likeness (QED) is 0.812. The molecule has 2 aliphatic heterocycles. The summed E-state index contributed by atoms with van der Waals surface area (Å²) in [6.07, 6.45) is 1.88. The Morgan fingerprint density at radius 3 is 2.57 bits per heavy atom. The first kappa shape index (κ1) is 20.3. The van der Waals surface area contributed by atoms with Crippen molar-refractivity contribution in [2.75, 3.05) is 20.2 Å². The Morgan fingerprint density at radius 2 is 1.93 bits per heavy atom. The second-order valence-corrected chi connectivity index (χ2v) is 7.90. The van der Waals surface area contributed by atoms with E-state index in [4.69, 9.17) is 9.73 Å². The predicted molar refractivity (Wildman–Crippen MR) is 112 cm³/mol. The number of aliphatic imine (C=N–C) groups is 1. The van der Waals surface area contributed by atoms with Crippen molar-refractivity contribution in [1.29, 1.82) is 0 Å². The van der Waals surface area contributed by atoms with Crippen molar-refractivity contribution in [1.82, 2.24) is 10.2 Å². The number of carbonyl (C=O) groups excluding carboxylic acids is 1. The zero-order valence-corrected chi connectivity index (χ0v) is 17.2. The molecule has 2 N–H and O–H groups in total. The molecule has 1 amide bonds. The number of halogens is 1. The van der Waals surface area contributed by atoms with Crippen LogP contribution in [0.2, 0.25) is 0 Å². The second-order valence-electron chi connectivity index (χ2n) is 7.90. The summed E-state index contributed by atoms with van der Waals surface area (Å²) in [4.78, 5) is 18.6. The number of ether oxygens (including phenoxy) is 1. The molecule has 158 valence electrons. The number of hydrogen-bond acceptors (Lipinski definition) is 5. The van der Waals surface area contributed by atoms with Crippen LogP contribution in [0, 0.1) is 5.82 Å². The van der Waals surface area contributed by atoms with Gasteiger partial charge >= 0.3 is 0 Å². The topological polar surface area (TPSA) is 74.2 Å². The van der Waals surface area contributed by atoms with Crippen LogP contribution < -0.4 is 10.1 Å². The van der Waals surface area contributed by atoms with Gasteiger partial charge in [0.2, 0.25) is 5.91 Å². The molecule has 2 aliphatic rings. The van der Waals surface area contributed by atoms with Crippen LogP contribution in [0.4, 0.5) is 4.39 Å². The number of phenolic OH excluding ortho intramolecular Hbond substituents is 1. The molecule has 1 spiro atoms. The summed E-state index contributed by atoms with van der Waals surface area (Å²) in [5.41, 5.74) is 1.90. The number of benzene rings is 2. The number of rotatable bonds is 3. The predicted octanol–water partition coefficient (Wildman–Crippen LogP) is 3.40. The van der Waals surface area contributed by atoms with Crippen LogP contribution in [-0.2, 0) is 4.79 Å². The average Bonchev–Trinajstić information content (AvgIpc) is 2.74. The van der Waals surface area contributed by atoms with Gasteiger partial charge in [0.15, 0.2) is 11.5 Å². The molecule has 1 fully saturated rings. The van der Waals surface area contributed by atoms with E-state index in [0.29, 0.717) is 38.1 Å². The van der Waals surface area contributed by atoms with Crippen LogP contribution in [0.3, 0.4) is 0 Å². The molecule has 2 heterocycles. The lowest BCUT2D eigenvalue weighted by Gasteiger charge is -2.45. The maximum atomic E-state index is 13.5. The fourth-order valence-electron chi connectivity index (χ4n) is 4.35. The second kappa shape index (κ2) is 8.07. The van der Waals surface area contributed by atoms with Gasteiger partial charge in [0, 0.05) is 56.6 Å². The molecule has 2 aromatic rings. The van der Waals surface area contributed by atoms with E-state index in [2.05, 4.69) is 5.32 Å². The van der Waals surface area contributed by atoms with Gasteiger partial charge in [-0.2, -0.15) is 0 Å². The molecule has 0 radical (unpaired) electrons. The molecule has 1 atom stereocenters. The van der Waals surface area contributed by atoms with Gasteiger partial charge in [-0.25, -0.2) is 4.39 Å². The number of nitrogens with zero attached hydrogens (tertiary/aromatic N) is 2. The van der Waals surface area contributed by atoms with E-state index in [1.54, 1.807) is 25.1 Å². The Kier molecular flexibility index (Phi) is 5.47. The van der Waals surface area contributed by atoms with E-state index < -0.39 is 5.66 Å². The molecular formula is C23H26FN3O3. The number of hydrogen-bond donors (Lipinski definition) is 2. The van der Waals surface area contributed by atoms with Crippen LogP contribution >= 0.6 is 0 Å². The highest BCUT2D eigenvalue weighted by Gasteiger charge is 2.41. The molecule has 30 heavy (non-hydrogen) atoms. The first-order chi connectivity index (χ1) is 14.4. The number of nitrogens with one attached hydrogen (secondary N) is 1. The van der Waals surface area contributed by atoms with Crippen molar-refractivity contribution in [3.63, 3.8) is 0 Å². The van der Waals surface area contributed by atoms with Crippen molar-refractivity contribution < 1.29 is 19.0 Å². The molecule has 4 rings (SSSR count). The summed E-state index contributed by atoms with van der Waals surface area (Å²) in [6.45, 7) is 2.80. The number of phenols is 1. The molecule has 0 saturated carbocycles. The minimum Gasteiger partial charge on any atom is -0.504 e. The van der Waals surface area contributed by atoms with Crippen molar-refractivity contribution in [3.05, 3.63) is 59.4 Å². The Labute approximate surface area is 175 Å². The molecule has 1 unspecified atom stereocenters. The standard InChI is InChI=1S/C23H26FN3O3/c1-15(28)27-12-10-23(11-13-27)25-19(16-6-8-17(24)9-7-16)14-20(26-23)18-4-3-5-21(30-2)22(18)29/h3-9,20,26,29H,10-14H2,1-2H3. The zero-order valence-electron chi connectivity index (χ0n) is 17.2. The van der Waals surface area contributed by atoms with Crippen LogP contribution in [0.25, 0.3) is 0 Å². The maximum Gasteiger partial charge on any atom is 0.219 e. The van der Waals surface area contributed by atoms with E-state index in [1.807, 2.05) is 17.0 Å². The highest BCUT2D eigenvalue weighted by Crippen LogP contribution is 2.40. The van der Waals surface area contributed by atoms with Crippen LogP contribution in [0.15, 0.2) is 47.5 Å².